The molecule has 0 radical (unpaired) electrons. The van der Waals surface area contributed by atoms with E-state index in [9.17, 15) is 14.4 Å². The number of carbonyl (C=O) groups excluding carboxylic acids is 1. The van der Waals surface area contributed by atoms with Crippen LogP contribution in [0.2, 0.25) is 0 Å². The van der Waals surface area contributed by atoms with E-state index in [1.807, 2.05) is 6.92 Å². The van der Waals surface area contributed by atoms with Gasteiger partial charge in [0.2, 0.25) is 0 Å². The lowest BCUT2D eigenvalue weighted by Gasteiger charge is -2.05. The van der Waals surface area contributed by atoms with E-state index in [2.05, 4.69) is 30.8 Å². The van der Waals surface area contributed by atoms with Crippen molar-refractivity contribution >= 4 is 22.6 Å². The predicted molar refractivity (Wildman–Crippen MR) is 94.1 cm³/mol. The Morgan fingerprint density at radius 3 is 2.81 bits per heavy atom. The molecule has 4 rings (SSSR count). The standard InChI is InChI=1S/C16H15N7O3/c1-2-5-17-15(25)13-14-18-10(7-12(24)23(14)21-16(13)26)8-3-4-9-11(6-8)20-22-19-9/h3-4,6-7,18H,2,5H2,1H3,(H,17,25)(H,21,26)(H,19,20,22). The number of hydrogen-bond acceptors (Lipinski definition) is 5. The van der Waals surface area contributed by atoms with Crippen molar-refractivity contribution in [3.63, 3.8) is 0 Å². The lowest BCUT2D eigenvalue weighted by Crippen LogP contribution is -2.28. The van der Waals surface area contributed by atoms with E-state index in [1.165, 1.54) is 6.07 Å². The van der Waals surface area contributed by atoms with Gasteiger partial charge in [0, 0.05) is 18.2 Å². The van der Waals surface area contributed by atoms with E-state index < -0.39 is 17.0 Å². The van der Waals surface area contributed by atoms with Gasteiger partial charge in [-0.15, -0.1) is 0 Å². The molecule has 4 N–H and O–H groups in total. The summed E-state index contributed by atoms with van der Waals surface area (Å²) in [5, 5.41) is 15.6. The SMILES string of the molecule is CCCNC(=O)c1c(=O)[nH]n2c(=O)cc(-c3ccc4n[nH]nc4c3)[nH]c12. The minimum Gasteiger partial charge on any atom is -0.352 e. The molecule has 0 fully saturated rings. The minimum atomic E-state index is -0.629. The molecule has 4 aromatic rings. The number of nitrogens with one attached hydrogen (secondary N) is 4. The van der Waals surface area contributed by atoms with Crippen LogP contribution in [0.4, 0.5) is 0 Å². The highest BCUT2D eigenvalue weighted by molar-refractivity contribution is 5.99. The molecule has 0 saturated heterocycles. The summed E-state index contributed by atoms with van der Waals surface area (Å²) >= 11 is 0. The Morgan fingerprint density at radius 1 is 1.19 bits per heavy atom. The first-order valence-corrected chi connectivity index (χ1v) is 8.05. The molecule has 1 amide bonds. The Labute approximate surface area is 145 Å². The zero-order valence-corrected chi connectivity index (χ0v) is 13.8. The van der Waals surface area contributed by atoms with E-state index in [1.54, 1.807) is 18.2 Å². The Balaban J connectivity index is 1.90. The summed E-state index contributed by atoms with van der Waals surface area (Å²) in [6, 6.07) is 6.63. The van der Waals surface area contributed by atoms with Crippen molar-refractivity contribution in [3.8, 4) is 11.3 Å². The van der Waals surface area contributed by atoms with Gasteiger partial charge in [-0.1, -0.05) is 13.0 Å². The van der Waals surface area contributed by atoms with Gasteiger partial charge in [0.15, 0.2) is 5.65 Å². The molecule has 0 unspecified atom stereocenters. The van der Waals surface area contributed by atoms with Gasteiger partial charge >= 0.3 is 0 Å². The van der Waals surface area contributed by atoms with Gasteiger partial charge in [0.1, 0.15) is 16.6 Å². The Kier molecular flexibility index (Phi) is 3.64. The lowest BCUT2D eigenvalue weighted by atomic mass is 10.1. The number of carbonyl (C=O) groups is 1. The van der Waals surface area contributed by atoms with Gasteiger partial charge in [-0.05, 0) is 18.6 Å². The van der Waals surface area contributed by atoms with E-state index in [4.69, 9.17) is 0 Å². The van der Waals surface area contributed by atoms with Gasteiger partial charge in [0.05, 0.1) is 5.69 Å². The molecule has 3 aromatic heterocycles. The second kappa shape index (κ2) is 5.99. The molecule has 0 atom stereocenters. The summed E-state index contributed by atoms with van der Waals surface area (Å²) in [7, 11) is 0. The van der Waals surface area contributed by atoms with Crippen LogP contribution in [-0.2, 0) is 0 Å². The molecule has 132 valence electrons. The highest BCUT2D eigenvalue weighted by Gasteiger charge is 2.19. The Hall–Kier alpha value is -3.69. The maximum atomic E-state index is 12.4. The summed E-state index contributed by atoms with van der Waals surface area (Å²) in [4.78, 5) is 39.9. The number of nitrogens with zero attached hydrogens (tertiary/aromatic N) is 3. The summed E-state index contributed by atoms with van der Waals surface area (Å²) in [6.45, 7) is 2.34. The van der Waals surface area contributed by atoms with Crippen LogP contribution in [0.5, 0.6) is 0 Å². The fourth-order valence-electron chi connectivity index (χ4n) is 2.77. The van der Waals surface area contributed by atoms with E-state index in [0.29, 0.717) is 28.8 Å². The lowest BCUT2D eigenvalue weighted by molar-refractivity contribution is 0.0954. The number of fused-ring (bicyclic) bond motifs is 2. The first-order chi connectivity index (χ1) is 12.6. The topological polar surface area (TPSA) is 141 Å². The number of hydrogen-bond donors (Lipinski definition) is 4. The molecule has 0 saturated carbocycles. The van der Waals surface area contributed by atoms with Crippen molar-refractivity contribution in [2.24, 2.45) is 0 Å². The minimum absolute atomic E-state index is 0.117. The first-order valence-electron chi connectivity index (χ1n) is 8.05. The Bertz CT molecular complexity index is 1240. The smallest absolute Gasteiger partial charge is 0.279 e. The second-order valence-corrected chi connectivity index (χ2v) is 5.80. The molecule has 0 bridgehead atoms. The molecule has 0 spiro atoms. The number of rotatable bonds is 4. The number of benzene rings is 1. The van der Waals surface area contributed by atoms with Crippen LogP contribution in [0.25, 0.3) is 27.9 Å². The van der Waals surface area contributed by atoms with Crippen LogP contribution in [0.1, 0.15) is 23.7 Å². The summed E-state index contributed by atoms with van der Waals surface area (Å²) in [6.07, 6.45) is 0.731. The average Bonchev–Trinajstić information content (AvgIpc) is 3.22. The molecule has 0 aliphatic heterocycles. The molecule has 26 heavy (non-hydrogen) atoms. The average molecular weight is 353 g/mol. The third-order valence-corrected chi connectivity index (χ3v) is 4.03. The second-order valence-electron chi connectivity index (χ2n) is 5.80. The van der Waals surface area contributed by atoms with E-state index in [-0.39, 0.29) is 11.2 Å². The molecule has 0 aliphatic carbocycles. The summed E-state index contributed by atoms with van der Waals surface area (Å²) in [5.41, 5.74) is 1.37. The van der Waals surface area contributed by atoms with Crippen LogP contribution < -0.4 is 16.4 Å². The van der Waals surface area contributed by atoms with Crippen LogP contribution >= 0.6 is 0 Å². The zero-order valence-electron chi connectivity index (χ0n) is 13.8. The predicted octanol–water partition coefficient (Wildman–Crippen LogP) is 0.394. The van der Waals surface area contributed by atoms with Crippen molar-refractivity contribution in [1.29, 1.82) is 0 Å². The maximum Gasteiger partial charge on any atom is 0.279 e. The molecule has 1 aromatic carbocycles. The molecule has 10 heteroatoms. The number of amides is 1. The van der Waals surface area contributed by atoms with Crippen LogP contribution in [0.15, 0.2) is 33.9 Å². The number of aromatic nitrogens is 6. The molecular formula is C16H15N7O3. The summed E-state index contributed by atoms with van der Waals surface area (Å²) < 4.78 is 1.03. The van der Waals surface area contributed by atoms with Crippen LogP contribution in [0, 0.1) is 0 Å². The van der Waals surface area contributed by atoms with Gasteiger partial charge < -0.3 is 10.3 Å². The molecular weight excluding hydrogens is 338 g/mol. The highest BCUT2D eigenvalue weighted by Crippen LogP contribution is 2.20. The summed E-state index contributed by atoms with van der Waals surface area (Å²) in [5.74, 6) is -0.532. The Morgan fingerprint density at radius 2 is 2.00 bits per heavy atom. The third-order valence-electron chi connectivity index (χ3n) is 4.03. The molecule has 10 nitrogen and oxygen atoms in total. The van der Waals surface area contributed by atoms with Crippen molar-refractivity contribution < 1.29 is 4.79 Å². The number of aromatic amines is 3. The normalized spacial score (nSPS) is 11.3. The molecule has 3 heterocycles. The third kappa shape index (κ3) is 2.48. The van der Waals surface area contributed by atoms with Crippen LogP contribution in [0.3, 0.4) is 0 Å². The van der Waals surface area contributed by atoms with E-state index in [0.717, 1.165) is 10.9 Å². The zero-order chi connectivity index (χ0) is 18.3. The van der Waals surface area contributed by atoms with Gasteiger partial charge in [0.25, 0.3) is 17.0 Å². The van der Waals surface area contributed by atoms with Crippen LogP contribution in [-0.4, -0.2) is 42.5 Å². The molecule has 0 aliphatic rings. The fraction of sp³-hybridized carbons (Fsp3) is 0.188. The number of H-pyrrole nitrogens is 3. The van der Waals surface area contributed by atoms with Crippen molar-refractivity contribution in [1.82, 2.24) is 35.3 Å². The van der Waals surface area contributed by atoms with Crippen molar-refractivity contribution in [3.05, 3.63) is 50.5 Å². The fourth-order valence-corrected chi connectivity index (χ4v) is 2.77. The monoisotopic (exact) mass is 353 g/mol. The van der Waals surface area contributed by atoms with Gasteiger partial charge in [-0.25, -0.2) is 0 Å². The maximum absolute atomic E-state index is 12.4. The van der Waals surface area contributed by atoms with Gasteiger partial charge in [-0.3, -0.25) is 19.5 Å². The first kappa shape index (κ1) is 15.8. The van der Waals surface area contributed by atoms with Gasteiger partial charge in [-0.2, -0.15) is 19.9 Å². The van der Waals surface area contributed by atoms with Crippen molar-refractivity contribution in [2.75, 3.05) is 6.54 Å². The van der Waals surface area contributed by atoms with E-state index >= 15 is 0 Å². The highest BCUT2D eigenvalue weighted by atomic mass is 16.2. The quantitative estimate of drug-likeness (QED) is 0.420. The van der Waals surface area contributed by atoms with Crippen molar-refractivity contribution in [2.45, 2.75) is 13.3 Å². The largest absolute Gasteiger partial charge is 0.352 e.